The van der Waals surface area contributed by atoms with Crippen LogP contribution in [0.3, 0.4) is 0 Å². The van der Waals surface area contributed by atoms with Crippen LogP contribution < -0.4 is 11.1 Å². The van der Waals surface area contributed by atoms with Crippen LogP contribution in [0.1, 0.15) is 19.3 Å². The molecule has 0 saturated carbocycles. The molecular weight excluding hydrogens is 140 g/mol. The summed E-state index contributed by atoms with van der Waals surface area (Å²) in [6, 6.07) is -0.375. The van der Waals surface area contributed by atoms with Gasteiger partial charge >= 0.3 is 0 Å². The van der Waals surface area contributed by atoms with Gasteiger partial charge in [0, 0.05) is 0 Å². The molecule has 0 aromatic rings. The Morgan fingerprint density at radius 1 is 1.73 bits per heavy atom. The molecule has 0 aromatic carbocycles. The van der Waals surface area contributed by atoms with E-state index in [1.165, 1.54) is 12.8 Å². The molecule has 1 fully saturated rings. The fourth-order valence-electron chi connectivity index (χ4n) is 1.53. The quantitative estimate of drug-likeness (QED) is 0.594. The summed E-state index contributed by atoms with van der Waals surface area (Å²) in [4.78, 5) is 10.1. The minimum Gasteiger partial charge on any atom is -0.321 e. The second-order valence-electron chi connectivity index (χ2n) is 3.17. The van der Waals surface area contributed by atoms with Crippen molar-refractivity contribution in [1.29, 1.82) is 0 Å². The number of hydrogen-bond acceptors (Lipinski definition) is 3. The lowest BCUT2D eigenvalue weighted by molar-refractivity contribution is 0.349. The monoisotopic (exact) mass is 155 g/mol. The molecule has 0 bridgehead atoms. The Balaban J connectivity index is 2.18. The van der Waals surface area contributed by atoms with E-state index >= 15 is 0 Å². The predicted molar refractivity (Wildman–Crippen MR) is 43.9 cm³/mol. The second-order valence-corrected chi connectivity index (χ2v) is 3.17. The lowest BCUT2D eigenvalue weighted by Crippen LogP contribution is -2.34. The van der Waals surface area contributed by atoms with Crippen molar-refractivity contribution >= 4 is 6.29 Å². The van der Waals surface area contributed by atoms with Crippen molar-refractivity contribution in [3.8, 4) is 0 Å². The molecule has 11 heavy (non-hydrogen) atoms. The molecule has 1 rings (SSSR count). The van der Waals surface area contributed by atoms with Gasteiger partial charge in [0.1, 0.15) is 0 Å². The molecular formula is C8H15N2O. The van der Waals surface area contributed by atoms with E-state index < -0.39 is 0 Å². The van der Waals surface area contributed by atoms with Gasteiger partial charge in [0.05, 0.1) is 6.04 Å². The normalized spacial score (nSPS) is 27.9. The zero-order chi connectivity index (χ0) is 8.10. The van der Waals surface area contributed by atoms with Crippen molar-refractivity contribution < 1.29 is 4.79 Å². The third-order valence-corrected chi connectivity index (χ3v) is 2.14. The molecule has 3 nitrogen and oxygen atoms in total. The van der Waals surface area contributed by atoms with Gasteiger partial charge in [-0.3, -0.25) is 4.79 Å². The van der Waals surface area contributed by atoms with Crippen LogP contribution in [-0.4, -0.2) is 25.4 Å². The van der Waals surface area contributed by atoms with Gasteiger partial charge in [-0.15, -0.1) is 0 Å². The maximum atomic E-state index is 10.1. The van der Waals surface area contributed by atoms with Gasteiger partial charge in [-0.2, -0.15) is 0 Å². The standard InChI is InChI=1S/C8H15N2O/c9-8(6-11)4-7-2-1-3-10-5-7/h7-8,10H,1-5,9H2. The molecule has 3 heteroatoms. The molecule has 1 aliphatic heterocycles. The maximum absolute atomic E-state index is 10.1. The number of hydrogen-bond donors (Lipinski definition) is 2. The summed E-state index contributed by atoms with van der Waals surface area (Å²) in [7, 11) is 0. The highest BCUT2D eigenvalue weighted by Crippen LogP contribution is 2.14. The van der Waals surface area contributed by atoms with Crippen LogP contribution in [0.2, 0.25) is 0 Å². The van der Waals surface area contributed by atoms with Gasteiger partial charge in [0.25, 0.3) is 0 Å². The number of piperidine rings is 1. The summed E-state index contributed by atoms with van der Waals surface area (Å²) in [5.74, 6) is 0.584. The van der Waals surface area contributed by atoms with E-state index in [1.54, 1.807) is 0 Å². The highest BCUT2D eigenvalue weighted by molar-refractivity contribution is 5.57. The molecule has 0 aliphatic carbocycles. The lowest BCUT2D eigenvalue weighted by Gasteiger charge is -2.23. The van der Waals surface area contributed by atoms with E-state index in [2.05, 4.69) is 5.32 Å². The van der Waals surface area contributed by atoms with Crippen LogP contribution in [0.15, 0.2) is 0 Å². The Morgan fingerprint density at radius 3 is 3.09 bits per heavy atom. The number of nitrogens with two attached hydrogens (primary N) is 1. The van der Waals surface area contributed by atoms with Crippen LogP contribution in [0.4, 0.5) is 0 Å². The second kappa shape index (κ2) is 4.46. The molecule has 1 aliphatic rings. The summed E-state index contributed by atoms with van der Waals surface area (Å²) in [6.07, 6.45) is 5.00. The van der Waals surface area contributed by atoms with Crippen molar-refractivity contribution in [3.63, 3.8) is 0 Å². The number of nitrogens with one attached hydrogen (secondary N) is 1. The first kappa shape index (κ1) is 8.68. The first-order chi connectivity index (χ1) is 5.33. The summed E-state index contributed by atoms with van der Waals surface area (Å²) in [6.45, 7) is 2.12. The maximum Gasteiger partial charge on any atom is 0.216 e. The zero-order valence-electron chi connectivity index (χ0n) is 6.68. The Hall–Kier alpha value is -0.410. The smallest absolute Gasteiger partial charge is 0.216 e. The van der Waals surface area contributed by atoms with Gasteiger partial charge < -0.3 is 11.1 Å². The molecule has 0 aromatic heterocycles. The van der Waals surface area contributed by atoms with Gasteiger partial charge in [-0.25, -0.2) is 0 Å². The molecule has 0 spiro atoms. The zero-order valence-corrected chi connectivity index (χ0v) is 6.68. The third kappa shape index (κ3) is 2.99. The number of rotatable bonds is 3. The van der Waals surface area contributed by atoms with E-state index in [0.717, 1.165) is 19.5 Å². The van der Waals surface area contributed by atoms with Crippen LogP contribution in [0.25, 0.3) is 0 Å². The number of carbonyl (C=O) groups excluding carboxylic acids is 1. The first-order valence-electron chi connectivity index (χ1n) is 4.17. The molecule has 1 saturated heterocycles. The fourth-order valence-corrected chi connectivity index (χ4v) is 1.53. The summed E-state index contributed by atoms with van der Waals surface area (Å²) >= 11 is 0. The van der Waals surface area contributed by atoms with Gasteiger partial charge in [0.2, 0.25) is 6.29 Å². The first-order valence-corrected chi connectivity index (χ1v) is 4.17. The molecule has 0 amide bonds. The van der Waals surface area contributed by atoms with Crippen molar-refractivity contribution in [2.24, 2.45) is 11.7 Å². The average molecular weight is 155 g/mol. The minimum absolute atomic E-state index is 0.375. The molecule has 3 N–H and O–H groups in total. The van der Waals surface area contributed by atoms with Gasteiger partial charge in [-0.05, 0) is 38.3 Å². The molecule has 2 atom stereocenters. The lowest BCUT2D eigenvalue weighted by atomic mass is 9.93. The summed E-state index contributed by atoms with van der Waals surface area (Å²) in [5.41, 5.74) is 5.45. The largest absolute Gasteiger partial charge is 0.321 e. The molecule has 1 radical (unpaired) electrons. The van der Waals surface area contributed by atoms with Crippen LogP contribution >= 0.6 is 0 Å². The Labute approximate surface area is 67.3 Å². The Morgan fingerprint density at radius 2 is 2.55 bits per heavy atom. The Bertz CT molecular complexity index is 121. The van der Waals surface area contributed by atoms with Crippen LogP contribution in [-0.2, 0) is 4.79 Å². The van der Waals surface area contributed by atoms with Crippen molar-refractivity contribution in [3.05, 3.63) is 0 Å². The topological polar surface area (TPSA) is 55.1 Å². The summed E-state index contributed by atoms with van der Waals surface area (Å²) in [5, 5.41) is 3.28. The van der Waals surface area contributed by atoms with Crippen LogP contribution in [0, 0.1) is 5.92 Å². The predicted octanol–water partition coefficient (Wildman–Crippen LogP) is -0.187. The SMILES string of the molecule is NC([C]=O)CC1CCCNC1. The van der Waals surface area contributed by atoms with E-state index in [4.69, 9.17) is 5.73 Å². The molecule has 63 valence electrons. The Kier molecular flexibility index (Phi) is 3.52. The summed E-state index contributed by atoms with van der Waals surface area (Å²) < 4.78 is 0. The van der Waals surface area contributed by atoms with E-state index in [1.807, 2.05) is 6.29 Å². The van der Waals surface area contributed by atoms with Crippen molar-refractivity contribution in [2.45, 2.75) is 25.3 Å². The van der Waals surface area contributed by atoms with E-state index in [0.29, 0.717) is 5.92 Å². The fraction of sp³-hybridized carbons (Fsp3) is 0.875. The molecule has 2 unspecified atom stereocenters. The van der Waals surface area contributed by atoms with Crippen molar-refractivity contribution in [2.75, 3.05) is 13.1 Å². The van der Waals surface area contributed by atoms with E-state index in [9.17, 15) is 4.79 Å². The van der Waals surface area contributed by atoms with Gasteiger partial charge in [-0.1, -0.05) is 0 Å². The highest BCUT2D eigenvalue weighted by Gasteiger charge is 2.15. The highest BCUT2D eigenvalue weighted by atomic mass is 16.1. The van der Waals surface area contributed by atoms with Crippen LogP contribution in [0.5, 0.6) is 0 Å². The average Bonchev–Trinajstić information content (AvgIpc) is 2.06. The van der Waals surface area contributed by atoms with Gasteiger partial charge in [0.15, 0.2) is 0 Å². The minimum atomic E-state index is -0.375. The third-order valence-electron chi connectivity index (χ3n) is 2.14. The van der Waals surface area contributed by atoms with E-state index in [-0.39, 0.29) is 6.04 Å². The molecule has 1 heterocycles. The van der Waals surface area contributed by atoms with Crippen molar-refractivity contribution in [1.82, 2.24) is 5.32 Å².